The van der Waals surface area contributed by atoms with Gasteiger partial charge in [-0.2, -0.15) is 5.10 Å². The summed E-state index contributed by atoms with van der Waals surface area (Å²) in [5.74, 6) is 0.698. The fraction of sp³-hybridized carbons (Fsp3) is 0.353. The molecule has 1 atom stereocenters. The minimum absolute atomic E-state index is 0.0953. The number of nitrogens with two attached hydrogens (primary N) is 1. The van der Waals surface area contributed by atoms with Gasteiger partial charge in [-0.1, -0.05) is 17.7 Å². The van der Waals surface area contributed by atoms with E-state index in [1.54, 1.807) is 23.9 Å². The van der Waals surface area contributed by atoms with Crippen LogP contribution in [0.5, 0.6) is 0 Å². The molecule has 0 amide bonds. The van der Waals surface area contributed by atoms with Crippen molar-refractivity contribution in [3.63, 3.8) is 0 Å². The fourth-order valence-corrected chi connectivity index (χ4v) is 5.09. The van der Waals surface area contributed by atoms with E-state index in [0.717, 1.165) is 5.70 Å². The molecule has 140 valence electrons. The van der Waals surface area contributed by atoms with Gasteiger partial charge in [-0.05, 0) is 51.1 Å². The number of benzene rings is 1. The number of hydrogen-bond donors (Lipinski definition) is 3. The average Bonchev–Trinajstić information content (AvgIpc) is 2.95. The molecule has 0 bridgehead atoms. The summed E-state index contributed by atoms with van der Waals surface area (Å²) < 4.78 is 28.4. The number of nitrogens with zero attached hydrogens (tertiary/aromatic N) is 2. The van der Waals surface area contributed by atoms with Crippen molar-refractivity contribution in [3.05, 3.63) is 41.1 Å². The number of hydrogen-bond acceptors (Lipinski definition) is 6. The van der Waals surface area contributed by atoms with Gasteiger partial charge in [0.05, 0.1) is 10.4 Å². The van der Waals surface area contributed by atoms with Gasteiger partial charge in [0, 0.05) is 17.8 Å². The van der Waals surface area contributed by atoms with Crippen LogP contribution in [0.3, 0.4) is 0 Å². The lowest BCUT2D eigenvalue weighted by molar-refractivity contribution is 0.344. The van der Waals surface area contributed by atoms with Crippen molar-refractivity contribution in [3.8, 4) is 0 Å². The highest BCUT2D eigenvalue weighted by Gasteiger charge is 2.38. The molecule has 1 aliphatic rings. The number of aromatic nitrogens is 2. The molecule has 1 unspecified atom stereocenters. The summed E-state index contributed by atoms with van der Waals surface area (Å²) in [4.78, 5) is 0.213. The van der Waals surface area contributed by atoms with Crippen LogP contribution in [0, 0.1) is 0 Å². The number of halogens is 1. The zero-order valence-electron chi connectivity index (χ0n) is 14.9. The van der Waals surface area contributed by atoms with Crippen LogP contribution in [-0.4, -0.2) is 31.8 Å². The number of allylic oxidation sites excluding steroid dienone is 2. The number of fused-ring (bicyclic) bond motifs is 1. The molecular weight excluding hydrogens is 374 g/mol. The van der Waals surface area contributed by atoms with Crippen LogP contribution in [0.1, 0.15) is 20.3 Å². The standard InChI is InChI=1S/C17H22ClN5O2S/c1-11-10-17(2,7-8-19)23-16(21-11)14(15(20-3)22-23)26(24,25)13-6-4-5-12(18)9-13/h4-6,9-10,21H,7-8,19H2,1-3H3,(H,20,22). The Labute approximate surface area is 158 Å². The second kappa shape index (κ2) is 6.61. The third kappa shape index (κ3) is 2.98. The lowest BCUT2D eigenvalue weighted by Crippen LogP contribution is -2.36. The van der Waals surface area contributed by atoms with Crippen molar-refractivity contribution in [1.29, 1.82) is 0 Å². The summed E-state index contributed by atoms with van der Waals surface area (Å²) in [5.41, 5.74) is 6.10. The molecule has 1 aliphatic heterocycles. The molecule has 0 aliphatic carbocycles. The zero-order valence-corrected chi connectivity index (χ0v) is 16.4. The first-order valence-corrected chi connectivity index (χ1v) is 10.1. The minimum Gasteiger partial charge on any atom is -0.371 e. The summed E-state index contributed by atoms with van der Waals surface area (Å²) >= 11 is 6.00. The summed E-state index contributed by atoms with van der Waals surface area (Å²) in [5, 5.41) is 10.9. The summed E-state index contributed by atoms with van der Waals surface area (Å²) in [6, 6.07) is 6.21. The van der Waals surface area contributed by atoms with Crippen molar-refractivity contribution in [1.82, 2.24) is 9.78 Å². The number of anilines is 2. The Morgan fingerprint density at radius 1 is 1.42 bits per heavy atom. The number of nitrogens with one attached hydrogen (secondary N) is 2. The summed E-state index contributed by atoms with van der Waals surface area (Å²) in [6.07, 6.45) is 2.63. The van der Waals surface area contributed by atoms with Gasteiger partial charge in [0.15, 0.2) is 16.5 Å². The molecule has 2 aromatic rings. The van der Waals surface area contributed by atoms with Crippen LogP contribution >= 0.6 is 11.6 Å². The highest BCUT2D eigenvalue weighted by atomic mass is 35.5. The Kier molecular flexibility index (Phi) is 4.76. The first kappa shape index (κ1) is 18.8. The van der Waals surface area contributed by atoms with Crippen LogP contribution in [0.25, 0.3) is 0 Å². The maximum Gasteiger partial charge on any atom is 0.214 e. The van der Waals surface area contributed by atoms with Crippen molar-refractivity contribution in [2.24, 2.45) is 5.73 Å². The van der Waals surface area contributed by atoms with Gasteiger partial charge in [-0.3, -0.25) is 0 Å². The van der Waals surface area contributed by atoms with Gasteiger partial charge in [0.25, 0.3) is 0 Å². The molecule has 7 nitrogen and oxygen atoms in total. The molecule has 0 saturated heterocycles. The summed E-state index contributed by atoms with van der Waals surface area (Å²) in [7, 11) is -2.20. The highest BCUT2D eigenvalue weighted by Crippen LogP contribution is 2.41. The highest BCUT2D eigenvalue weighted by molar-refractivity contribution is 7.91. The van der Waals surface area contributed by atoms with Crippen LogP contribution in [0.15, 0.2) is 45.8 Å². The third-order valence-corrected chi connectivity index (χ3v) is 6.47. The van der Waals surface area contributed by atoms with Gasteiger partial charge < -0.3 is 16.4 Å². The van der Waals surface area contributed by atoms with E-state index in [4.69, 9.17) is 17.3 Å². The largest absolute Gasteiger partial charge is 0.371 e. The molecule has 0 radical (unpaired) electrons. The number of rotatable bonds is 5. The van der Waals surface area contributed by atoms with Crippen molar-refractivity contribution in [2.75, 3.05) is 24.2 Å². The van der Waals surface area contributed by atoms with E-state index in [2.05, 4.69) is 15.7 Å². The van der Waals surface area contributed by atoms with Crippen molar-refractivity contribution in [2.45, 2.75) is 35.6 Å². The lowest BCUT2D eigenvalue weighted by atomic mass is 9.95. The van der Waals surface area contributed by atoms with Crippen LogP contribution in [0.4, 0.5) is 11.6 Å². The van der Waals surface area contributed by atoms with E-state index in [1.165, 1.54) is 12.1 Å². The number of sulfone groups is 1. The predicted molar refractivity (Wildman–Crippen MR) is 103 cm³/mol. The Hall–Kier alpha value is -2.03. The van der Waals surface area contributed by atoms with Gasteiger partial charge in [0.2, 0.25) is 9.84 Å². The Balaban J connectivity index is 2.27. The molecule has 0 fully saturated rings. The first-order valence-electron chi connectivity index (χ1n) is 8.21. The summed E-state index contributed by atoms with van der Waals surface area (Å²) in [6.45, 7) is 4.32. The smallest absolute Gasteiger partial charge is 0.214 e. The normalized spacial score (nSPS) is 19.5. The molecular formula is C17H22ClN5O2S. The Bertz CT molecular complexity index is 983. The fourth-order valence-electron chi connectivity index (χ4n) is 3.27. The average molecular weight is 396 g/mol. The van der Waals surface area contributed by atoms with Crippen LogP contribution in [0.2, 0.25) is 5.02 Å². The molecule has 9 heteroatoms. The Morgan fingerprint density at radius 2 is 2.15 bits per heavy atom. The molecule has 1 aromatic heterocycles. The molecule has 26 heavy (non-hydrogen) atoms. The van der Waals surface area contributed by atoms with E-state index in [9.17, 15) is 8.42 Å². The first-order chi connectivity index (χ1) is 12.2. The quantitative estimate of drug-likeness (QED) is 0.719. The molecule has 0 spiro atoms. The van der Waals surface area contributed by atoms with E-state index in [0.29, 0.717) is 23.8 Å². The van der Waals surface area contributed by atoms with E-state index >= 15 is 0 Å². The SMILES string of the molecule is CNc1nn2c(c1S(=O)(=O)c1cccc(Cl)c1)NC(C)=CC2(C)CCN. The topological polar surface area (TPSA) is 102 Å². The van der Waals surface area contributed by atoms with Gasteiger partial charge in [0.1, 0.15) is 0 Å². The minimum atomic E-state index is -3.84. The second-order valence-electron chi connectivity index (χ2n) is 6.50. The maximum atomic E-state index is 13.3. The Morgan fingerprint density at radius 3 is 2.77 bits per heavy atom. The molecule has 0 saturated carbocycles. The maximum absolute atomic E-state index is 13.3. The molecule has 3 rings (SSSR count). The second-order valence-corrected chi connectivity index (χ2v) is 8.82. The third-order valence-electron chi connectivity index (χ3n) is 4.43. The van der Waals surface area contributed by atoms with Gasteiger partial charge >= 0.3 is 0 Å². The lowest BCUT2D eigenvalue weighted by Gasteiger charge is -2.33. The van der Waals surface area contributed by atoms with E-state index < -0.39 is 15.4 Å². The van der Waals surface area contributed by atoms with Crippen LogP contribution in [-0.2, 0) is 15.4 Å². The molecule has 1 aromatic carbocycles. The van der Waals surface area contributed by atoms with Crippen molar-refractivity contribution >= 4 is 33.1 Å². The van der Waals surface area contributed by atoms with E-state index in [1.807, 2.05) is 19.9 Å². The predicted octanol–water partition coefficient (Wildman–Crippen LogP) is 2.80. The van der Waals surface area contributed by atoms with Crippen molar-refractivity contribution < 1.29 is 8.42 Å². The van der Waals surface area contributed by atoms with E-state index in [-0.39, 0.29) is 15.6 Å². The zero-order chi connectivity index (χ0) is 19.1. The van der Waals surface area contributed by atoms with Gasteiger partial charge in [-0.15, -0.1) is 0 Å². The van der Waals surface area contributed by atoms with Crippen LogP contribution < -0.4 is 16.4 Å². The molecule has 4 N–H and O–H groups in total. The van der Waals surface area contributed by atoms with Gasteiger partial charge in [-0.25, -0.2) is 13.1 Å². The monoisotopic (exact) mass is 395 g/mol. The molecule has 2 heterocycles.